The molecule has 0 aliphatic heterocycles. The first-order valence-corrected chi connectivity index (χ1v) is 5.56. The highest BCUT2D eigenvalue weighted by molar-refractivity contribution is 5.75. The Hall–Kier alpha value is -1.65. The van der Waals surface area contributed by atoms with Gasteiger partial charge in [0.25, 0.3) is 0 Å². The summed E-state index contributed by atoms with van der Waals surface area (Å²) in [4.78, 5) is 21.3. The number of amides is 1. The molecular weight excluding hydrogens is 204 g/mol. The molecule has 88 valence electrons. The molecule has 1 amide bonds. The van der Waals surface area contributed by atoms with Crippen molar-refractivity contribution in [2.24, 2.45) is 0 Å². The lowest BCUT2D eigenvalue weighted by Crippen LogP contribution is -2.34. The van der Waals surface area contributed by atoms with Crippen LogP contribution in [0.4, 0.5) is 5.95 Å². The first kappa shape index (κ1) is 12.4. The van der Waals surface area contributed by atoms with Crippen molar-refractivity contribution in [2.45, 2.75) is 20.3 Å². The van der Waals surface area contributed by atoms with E-state index in [1.807, 2.05) is 18.7 Å². The zero-order valence-electron chi connectivity index (χ0n) is 9.81. The van der Waals surface area contributed by atoms with E-state index in [4.69, 9.17) is 0 Å². The summed E-state index contributed by atoms with van der Waals surface area (Å²) in [5.41, 5.74) is 0. The molecule has 5 heteroatoms. The van der Waals surface area contributed by atoms with Crippen molar-refractivity contribution < 1.29 is 4.79 Å². The van der Waals surface area contributed by atoms with Gasteiger partial charge in [-0.2, -0.15) is 0 Å². The third kappa shape index (κ3) is 3.84. The summed E-state index contributed by atoms with van der Waals surface area (Å²) in [7, 11) is 0. The molecule has 0 fully saturated rings. The van der Waals surface area contributed by atoms with Gasteiger partial charge in [-0.3, -0.25) is 4.79 Å². The number of hydrogen-bond donors (Lipinski definition) is 1. The van der Waals surface area contributed by atoms with Crippen LogP contribution in [0.5, 0.6) is 0 Å². The molecule has 0 aliphatic rings. The largest absolute Gasteiger partial charge is 0.352 e. The zero-order valence-corrected chi connectivity index (χ0v) is 9.81. The van der Waals surface area contributed by atoms with Crippen molar-refractivity contribution >= 4 is 11.9 Å². The van der Waals surface area contributed by atoms with E-state index in [2.05, 4.69) is 15.3 Å². The van der Waals surface area contributed by atoms with Gasteiger partial charge < -0.3 is 10.2 Å². The minimum absolute atomic E-state index is 0.179. The Bertz CT molecular complexity index is 315. The van der Waals surface area contributed by atoms with Gasteiger partial charge in [0.05, 0.1) is 0 Å². The first-order valence-electron chi connectivity index (χ1n) is 5.56. The molecule has 0 saturated carbocycles. The number of aromatic nitrogens is 2. The predicted molar refractivity (Wildman–Crippen MR) is 63.1 cm³/mol. The number of nitrogens with one attached hydrogen (secondary N) is 1. The van der Waals surface area contributed by atoms with E-state index in [0.29, 0.717) is 25.5 Å². The van der Waals surface area contributed by atoms with E-state index in [9.17, 15) is 4.79 Å². The normalized spacial score (nSPS) is 9.88. The second kappa shape index (κ2) is 6.76. The summed E-state index contributed by atoms with van der Waals surface area (Å²) in [6, 6.07) is 1.77. The molecule has 0 radical (unpaired) electrons. The number of anilines is 1. The minimum atomic E-state index is 0.179. The number of hydrogen-bond acceptors (Lipinski definition) is 4. The monoisotopic (exact) mass is 222 g/mol. The maximum atomic E-state index is 11.5. The van der Waals surface area contributed by atoms with Crippen LogP contribution in [0.1, 0.15) is 20.3 Å². The van der Waals surface area contributed by atoms with Gasteiger partial charge in [-0.05, 0) is 13.0 Å². The topological polar surface area (TPSA) is 58.1 Å². The van der Waals surface area contributed by atoms with E-state index in [-0.39, 0.29) is 5.91 Å². The van der Waals surface area contributed by atoms with Crippen molar-refractivity contribution in [3.8, 4) is 0 Å². The van der Waals surface area contributed by atoms with E-state index in [0.717, 1.165) is 6.54 Å². The third-order valence-corrected chi connectivity index (χ3v) is 2.27. The van der Waals surface area contributed by atoms with Crippen LogP contribution in [0, 0.1) is 0 Å². The van der Waals surface area contributed by atoms with Crippen molar-refractivity contribution in [3.63, 3.8) is 0 Å². The van der Waals surface area contributed by atoms with Crippen LogP contribution in [0.2, 0.25) is 0 Å². The fraction of sp³-hybridized carbons (Fsp3) is 0.545. The summed E-state index contributed by atoms with van der Waals surface area (Å²) in [5, 5.41) is 3.07. The highest BCUT2D eigenvalue weighted by Gasteiger charge is 2.07. The van der Waals surface area contributed by atoms with Gasteiger partial charge in [-0.1, -0.05) is 6.92 Å². The molecule has 16 heavy (non-hydrogen) atoms. The molecule has 1 aromatic heterocycles. The average Bonchev–Trinajstić information content (AvgIpc) is 2.35. The number of nitrogens with zero attached hydrogens (tertiary/aromatic N) is 3. The van der Waals surface area contributed by atoms with Crippen molar-refractivity contribution in [3.05, 3.63) is 18.5 Å². The Labute approximate surface area is 95.9 Å². The van der Waals surface area contributed by atoms with Gasteiger partial charge in [0, 0.05) is 38.4 Å². The first-order chi connectivity index (χ1) is 7.77. The molecule has 0 aliphatic carbocycles. The summed E-state index contributed by atoms with van der Waals surface area (Å²) in [5.74, 6) is 0.779. The quantitative estimate of drug-likeness (QED) is 0.784. The number of carbonyl (C=O) groups excluding carboxylic acids is 1. The molecule has 1 N–H and O–H groups in total. The van der Waals surface area contributed by atoms with Crippen LogP contribution < -0.4 is 5.32 Å². The van der Waals surface area contributed by atoms with Crippen molar-refractivity contribution in [2.75, 3.05) is 25.0 Å². The maximum Gasteiger partial charge on any atom is 0.222 e. The summed E-state index contributed by atoms with van der Waals surface area (Å²) in [6.45, 7) is 5.94. The van der Waals surface area contributed by atoms with Crippen molar-refractivity contribution in [1.29, 1.82) is 0 Å². The van der Waals surface area contributed by atoms with Crippen LogP contribution in [-0.4, -0.2) is 40.4 Å². The second-order valence-electron chi connectivity index (χ2n) is 3.33. The second-order valence-corrected chi connectivity index (χ2v) is 3.33. The SMILES string of the molecule is CCC(=O)N(CC)CCNc1ncccn1. The molecule has 0 atom stereocenters. The highest BCUT2D eigenvalue weighted by Crippen LogP contribution is 1.96. The smallest absolute Gasteiger partial charge is 0.222 e. The Morgan fingerprint density at radius 1 is 1.38 bits per heavy atom. The molecule has 0 saturated heterocycles. The Morgan fingerprint density at radius 3 is 2.62 bits per heavy atom. The summed E-state index contributed by atoms with van der Waals surface area (Å²) in [6.07, 6.45) is 3.92. The molecule has 0 spiro atoms. The molecule has 1 heterocycles. The standard InChI is InChI=1S/C11H18N4O/c1-3-10(16)15(4-2)9-8-14-11-12-6-5-7-13-11/h5-7H,3-4,8-9H2,1-2H3,(H,12,13,14). The van der Waals surface area contributed by atoms with Gasteiger partial charge in [0.1, 0.15) is 0 Å². The van der Waals surface area contributed by atoms with Gasteiger partial charge in [-0.25, -0.2) is 9.97 Å². The molecule has 1 aromatic rings. The van der Waals surface area contributed by atoms with Crippen LogP contribution >= 0.6 is 0 Å². The van der Waals surface area contributed by atoms with Crippen LogP contribution in [0.25, 0.3) is 0 Å². The molecular formula is C11H18N4O. The summed E-state index contributed by atoms with van der Waals surface area (Å²) >= 11 is 0. The highest BCUT2D eigenvalue weighted by atomic mass is 16.2. The van der Waals surface area contributed by atoms with Crippen molar-refractivity contribution in [1.82, 2.24) is 14.9 Å². The molecule has 5 nitrogen and oxygen atoms in total. The zero-order chi connectivity index (χ0) is 11.8. The molecule has 0 bridgehead atoms. The Kier molecular flexibility index (Phi) is 5.25. The minimum Gasteiger partial charge on any atom is -0.352 e. The van der Waals surface area contributed by atoms with Gasteiger partial charge >= 0.3 is 0 Å². The van der Waals surface area contributed by atoms with Crippen LogP contribution in [0.15, 0.2) is 18.5 Å². The van der Waals surface area contributed by atoms with Gasteiger partial charge in [0.2, 0.25) is 11.9 Å². The van der Waals surface area contributed by atoms with Gasteiger partial charge in [-0.15, -0.1) is 0 Å². The fourth-order valence-corrected chi connectivity index (χ4v) is 1.38. The fourth-order valence-electron chi connectivity index (χ4n) is 1.38. The number of likely N-dealkylation sites (N-methyl/N-ethyl adjacent to an activating group) is 1. The molecule has 0 unspecified atom stereocenters. The van der Waals surface area contributed by atoms with E-state index in [1.165, 1.54) is 0 Å². The predicted octanol–water partition coefficient (Wildman–Crippen LogP) is 1.15. The number of rotatable bonds is 6. The van der Waals surface area contributed by atoms with Crippen LogP contribution in [-0.2, 0) is 4.79 Å². The van der Waals surface area contributed by atoms with E-state index in [1.54, 1.807) is 18.5 Å². The van der Waals surface area contributed by atoms with E-state index < -0.39 is 0 Å². The van der Waals surface area contributed by atoms with Gasteiger partial charge in [0.15, 0.2) is 0 Å². The lowest BCUT2D eigenvalue weighted by molar-refractivity contribution is -0.130. The molecule has 0 aromatic carbocycles. The Balaban J connectivity index is 2.31. The van der Waals surface area contributed by atoms with Crippen LogP contribution in [0.3, 0.4) is 0 Å². The molecule has 1 rings (SSSR count). The maximum absolute atomic E-state index is 11.5. The Morgan fingerprint density at radius 2 is 2.06 bits per heavy atom. The number of carbonyl (C=O) groups is 1. The average molecular weight is 222 g/mol. The lowest BCUT2D eigenvalue weighted by atomic mass is 10.4. The lowest BCUT2D eigenvalue weighted by Gasteiger charge is -2.20. The summed E-state index contributed by atoms with van der Waals surface area (Å²) < 4.78 is 0. The third-order valence-electron chi connectivity index (χ3n) is 2.27. The van der Waals surface area contributed by atoms with E-state index >= 15 is 0 Å².